The first kappa shape index (κ1) is 29.4. The van der Waals surface area contributed by atoms with Gasteiger partial charge in [0.15, 0.2) is 17.2 Å². The van der Waals surface area contributed by atoms with E-state index in [4.69, 9.17) is 20.4 Å². The molecule has 3 aromatic heterocycles. The highest BCUT2D eigenvalue weighted by Crippen LogP contribution is 2.32. The van der Waals surface area contributed by atoms with Gasteiger partial charge in [-0.05, 0) is 68.7 Å². The van der Waals surface area contributed by atoms with Crippen LogP contribution in [0.2, 0.25) is 0 Å². The zero-order chi connectivity index (χ0) is 31.8. The number of aromatic nitrogens is 4. The Labute approximate surface area is 266 Å². The van der Waals surface area contributed by atoms with Crippen molar-refractivity contribution in [2.75, 3.05) is 24.1 Å². The van der Waals surface area contributed by atoms with Gasteiger partial charge in [0.1, 0.15) is 17.0 Å². The second-order valence-corrected chi connectivity index (χ2v) is 12.0. The number of hydrogen-bond donors (Lipinski definition) is 2. The van der Waals surface area contributed by atoms with Crippen molar-refractivity contribution in [2.45, 2.75) is 45.4 Å². The monoisotopic (exact) mass is 613 g/mol. The van der Waals surface area contributed by atoms with Gasteiger partial charge in [0.05, 0.1) is 17.4 Å². The lowest BCUT2D eigenvalue weighted by Crippen LogP contribution is -2.43. The van der Waals surface area contributed by atoms with E-state index >= 15 is 0 Å². The summed E-state index contributed by atoms with van der Waals surface area (Å²) in [5.74, 6) is 1.27. The van der Waals surface area contributed by atoms with Gasteiger partial charge in [-0.25, -0.2) is 15.0 Å². The summed E-state index contributed by atoms with van der Waals surface area (Å²) in [5.41, 5.74) is 11.9. The molecule has 1 fully saturated rings. The number of piperidine rings is 1. The normalized spacial score (nSPS) is 14.3. The molecule has 0 aliphatic carbocycles. The molecule has 0 unspecified atom stereocenters. The first-order chi connectivity index (χ1) is 22.4. The molecule has 232 valence electrons. The molecule has 1 aliphatic heterocycles. The van der Waals surface area contributed by atoms with Crippen LogP contribution in [0.5, 0.6) is 5.75 Å². The van der Waals surface area contributed by atoms with Gasteiger partial charge in [0.25, 0.3) is 10.9 Å². The smallest absolute Gasteiger partial charge is 0.272 e. The van der Waals surface area contributed by atoms with Gasteiger partial charge in [-0.15, -0.1) is 0 Å². The fourth-order valence-electron chi connectivity index (χ4n) is 6.06. The summed E-state index contributed by atoms with van der Waals surface area (Å²) < 4.78 is 7.62. The number of ether oxygens (including phenoxy) is 1. The minimum Gasteiger partial charge on any atom is -0.485 e. The maximum absolute atomic E-state index is 12.1. The lowest BCUT2D eigenvalue weighted by molar-refractivity contribution is 0.210. The number of nitrogens with zero attached hydrogens (tertiary/aromatic N) is 5. The zero-order valence-electron chi connectivity index (χ0n) is 25.8. The molecule has 1 aliphatic rings. The minimum atomic E-state index is -0.538. The molecular formula is C36H35N7O3. The van der Waals surface area contributed by atoms with Crippen LogP contribution in [0.4, 0.5) is 11.5 Å². The molecule has 0 bridgehead atoms. The van der Waals surface area contributed by atoms with Crippen LogP contribution in [0, 0.1) is 0 Å². The fraction of sp³-hybridized carbons (Fsp3) is 0.250. The van der Waals surface area contributed by atoms with Crippen LogP contribution < -0.4 is 26.6 Å². The predicted molar refractivity (Wildman–Crippen MR) is 181 cm³/mol. The summed E-state index contributed by atoms with van der Waals surface area (Å²) in [6, 6.07) is 26.5. The van der Waals surface area contributed by atoms with E-state index in [1.807, 2.05) is 68.4 Å². The molecule has 6 aromatic rings. The zero-order valence-corrected chi connectivity index (χ0v) is 25.8. The molecule has 0 spiro atoms. The predicted octanol–water partition coefficient (Wildman–Crippen LogP) is 5.19. The molecule has 0 amide bonds. The van der Waals surface area contributed by atoms with E-state index in [1.165, 1.54) is 5.56 Å². The first-order valence-electron chi connectivity index (χ1n) is 15.6. The van der Waals surface area contributed by atoms with Crippen molar-refractivity contribution in [2.24, 2.45) is 0 Å². The second-order valence-electron chi connectivity index (χ2n) is 12.0. The van der Waals surface area contributed by atoms with E-state index in [-0.39, 0.29) is 17.9 Å². The second kappa shape index (κ2) is 12.2. The molecule has 4 heterocycles. The number of nitrogens with two attached hydrogens (primary N) is 1. The van der Waals surface area contributed by atoms with Crippen LogP contribution in [0.1, 0.15) is 32.3 Å². The average Bonchev–Trinajstić information content (AvgIpc) is 3.46. The summed E-state index contributed by atoms with van der Waals surface area (Å²) in [6.45, 7) is 6.24. The first-order valence-corrected chi connectivity index (χ1v) is 15.6. The Hall–Kier alpha value is -5.35. The van der Waals surface area contributed by atoms with Crippen LogP contribution in [0.15, 0.2) is 94.6 Å². The highest BCUT2D eigenvalue weighted by atomic mass is 16.5. The number of hydrogen-bond acceptors (Lipinski definition) is 9. The quantitative estimate of drug-likeness (QED) is 0.212. The van der Waals surface area contributed by atoms with E-state index in [0.717, 1.165) is 66.1 Å². The maximum Gasteiger partial charge on any atom is 0.272 e. The SMILES string of the molecule is CC(C)Oc1c(NC2CCN(Cc3ccc(-n4c(-c5cccnc5N)nc5ccc(-c6ccccc6)nc54)cc3)CC2)c(=O)c1=O. The van der Waals surface area contributed by atoms with Gasteiger partial charge in [0, 0.05) is 43.1 Å². The summed E-state index contributed by atoms with van der Waals surface area (Å²) >= 11 is 0. The van der Waals surface area contributed by atoms with Crippen LogP contribution in [-0.4, -0.2) is 49.7 Å². The van der Waals surface area contributed by atoms with Crippen molar-refractivity contribution >= 4 is 22.7 Å². The van der Waals surface area contributed by atoms with Gasteiger partial charge < -0.3 is 15.8 Å². The Morgan fingerprint density at radius 1 is 0.913 bits per heavy atom. The molecule has 0 saturated carbocycles. The van der Waals surface area contributed by atoms with Crippen molar-refractivity contribution in [1.82, 2.24) is 24.4 Å². The molecule has 1 saturated heterocycles. The summed E-state index contributed by atoms with van der Waals surface area (Å²) in [6.07, 6.45) is 3.25. The van der Waals surface area contributed by atoms with Crippen molar-refractivity contribution in [3.63, 3.8) is 0 Å². The summed E-state index contributed by atoms with van der Waals surface area (Å²) in [4.78, 5) is 40.8. The molecule has 3 N–H and O–H groups in total. The van der Waals surface area contributed by atoms with E-state index < -0.39 is 10.9 Å². The Morgan fingerprint density at radius 3 is 2.39 bits per heavy atom. The van der Waals surface area contributed by atoms with Crippen LogP contribution >= 0.6 is 0 Å². The fourth-order valence-corrected chi connectivity index (χ4v) is 6.06. The Kier molecular flexibility index (Phi) is 7.79. The van der Waals surface area contributed by atoms with Gasteiger partial charge >= 0.3 is 0 Å². The third-order valence-corrected chi connectivity index (χ3v) is 8.41. The van der Waals surface area contributed by atoms with Crippen molar-refractivity contribution in [1.29, 1.82) is 0 Å². The van der Waals surface area contributed by atoms with Crippen molar-refractivity contribution in [3.8, 4) is 34.1 Å². The standard InChI is InChI=1S/C36H35N7O3/c1-22(2)46-33-30(31(44)32(33)45)39-25-16-19-42(20-17-25)21-23-10-12-26(13-11-23)43-35(27-9-6-18-38-34(27)37)41-29-15-14-28(40-36(29)43)24-7-4-3-5-8-24/h3-15,18,22,25,39H,16-17,19-21H2,1-2H3,(H2,37,38). The lowest BCUT2D eigenvalue weighted by Gasteiger charge is -2.33. The molecule has 10 nitrogen and oxygen atoms in total. The third kappa shape index (κ3) is 5.63. The lowest BCUT2D eigenvalue weighted by atomic mass is 10.0. The molecule has 46 heavy (non-hydrogen) atoms. The Balaban J connectivity index is 1.11. The number of imidazole rings is 1. The molecular weight excluding hydrogens is 578 g/mol. The Morgan fingerprint density at radius 2 is 1.67 bits per heavy atom. The maximum atomic E-state index is 12.1. The highest BCUT2D eigenvalue weighted by Gasteiger charge is 2.28. The van der Waals surface area contributed by atoms with Crippen LogP contribution in [0.25, 0.3) is 39.5 Å². The van der Waals surface area contributed by atoms with Crippen LogP contribution in [-0.2, 0) is 6.54 Å². The molecule has 0 atom stereocenters. The average molecular weight is 614 g/mol. The van der Waals surface area contributed by atoms with Gasteiger partial charge in [-0.1, -0.05) is 42.5 Å². The minimum absolute atomic E-state index is 0.123. The van der Waals surface area contributed by atoms with Gasteiger partial charge in [0.2, 0.25) is 0 Å². The number of rotatable bonds is 9. The van der Waals surface area contributed by atoms with Gasteiger partial charge in [-0.2, -0.15) is 0 Å². The number of anilines is 2. The largest absolute Gasteiger partial charge is 0.485 e. The molecule has 3 aromatic carbocycles. The van der Waals surface area contributed by atoms with E-state index in [9.17, 15) is 9.59 Å². The summed E-state index contributed by atoms with van der Waals surface area (Å²) in [5, 5.41) is 3.28. The number of nitrogens with one attached hydrogen (secondary N) is 1. The highest BCUT2D eigenvalue weighted by molar-refractivity contribution is 5.84. The van der Waals surface area contributed by atoms with Crippen molar-refractivity contribution in [3.05, 3.63) is 111 Å². The number of likely N-dealkylation sites (tertiary alicyclic amines) is 1. The van der Waals surface area contributed by atoms with Gasteiger partial charge in [-0.3, -0.25) is 19.1 Å². The van der Waals surface area contributed by atoms with Crippen LogP contribution in [0.3, 0.4) is 0 Å². The molecule has 0 radical (unpaired) electrons. The number of fused-ring (bicyclic) bond motifs is 1. The van der Waals surface area contributed by atoms with E-state index in [2.05, 4.69) is 44.0 Å². The van der Waals surface area contributed by atoms with Crippen molar-refractivity contribution < 1.29 is 4.74 Å². The topological polar surface area (TPSA) is 128 Å². The number of benzene rings is 2. The molecule has 10 heteroatoms. The summed E-state index contributed by atoms with van der Waals surface area (Å²) in [7, 11) is 0. The molecule has 7 rings (SSSR count). The Bertz CT molecular complexity index is 2070. The van der Waals surface area contributed by atoms with E-state index in [0.29, 0.717) is 17.3 Å². The third-order valence-electron chi connectivity index (χ3n) is 8.41. The van der Waals surface area contributed by atoms with E-state index in [1.54, 1.807) is 6.20 Å². The number of pyridine rings is 2. The number of nitrogen functional groups attached to an aromatic ring is 1.